The SMILES string of the molecule is Cc1cccc(NC(=O)Nc2ccccc2N)c1. The van der Waals surface area contributed by atoms with Crippen LogP contribution in [0.15, 0.2) is 48.5 Å². The Morgan fingerprint density at radius 3 is 2.56 bits per heavy atom. The Morgan fingerprint density at radius 2 is 1.83 bits per heavy atom. The third kappa shape index (κ3) is 3.01. The largest absolute Gasteiger partial charge is 0.397 e. The van der Waals surface area contributed by atoms with E-state index in [2.05, 4.69) is 10.6 Å². The maximum Gasteiger partial charge on any atom is 0.323 e. The van der Waals surface area contributed by atoms with E-state index in [4.69, 9.17) is 5.73 Å². The van der Waals surface area contributed by atoms with E-state index in [-0.39, 0.29) is 6.03 Å². The smallest absolute Gasteiger partial charge is 0.323 e. The van der Waals surface area contributed by atoms with Crippen molar-refractivity contribution in [2.24, 2.45) is 0 Å². The summed E-state index contributed by atoms with van der Waals surface area (Å²) in [5.74, 6) is 0. The lowest BCUT2D eigenvalue weighted by atomic mass is 10.2. The lowest BCUT2D eigenvalue weighted by Crippen LogP contribution is -2.20. The number of hydrogen-bond donors (Lipinski definition) is 3. The van der Waals surface area contributed by atoms with Gasteiger partial charge in [0.05, 0.1) is 11.4 Å². The van der Waals surface area contributed by atoms with Crippen molar-refractivity contribution in [1.29, 1.82) is 0 Å². The van der Waals surface area contributed by atoms with Crippen LogP contribution in [0.5, 0.6) is 0 Å². The minimum Gasteiger partial charge on any atom is -0.397 e. The van der Waals surface area contributed by atoms with Crippen molar-refractivity contribution >= 4 is 23.1 Å². The Morgan fingerprint density at radius 1 is 1.06 bits per heavy atom. The van der Waals surface area contributed by atoms with E-state index >= 15 is 0 Å². The lowest BCUT2D eigenvalue weighted by molar-refractivity contribution is 0.262. The number of para-hydroxylation sites is 2. The second kappa shape index (κ2) is 5.23. The molecule has 92 valence electrons. The number of benzene rings is 2. The first kappa shape index (κ1) is 12.0. The average molecular weight is 241 g/mol. The molecule has 2 rings (SSSR count). The van der Waals surface area contributed by atoms with Gasteiger partial charge >= 0.3 is 6.03 Å². The number of carbonyl (C=O) groups excluding carboxylic acids is 1. The number of anilines is 3. The summed E-state index contributed by atoms with van der Waals surface area (Å²) < 4.78 is 0. The number of amides is 2. The van der Waals surface area contributed by atoms with Gasteiger partial charge in [0.1, 0.15) is 0 Å². The Bertz CT molecular complexity index is 566. The Balaban J connectivity index is 2.03. The summed E-state index contributed by atoms with van der Waals surface area (Å²) >= 11 is 0. The molecule has 0 aliphatic rings. The number of urea groups is 1. The summed E-state index contributed by atoms with van der Waals surface area (Å²) in [7, 11) is 0. The van der Waals surface area contributed by atoms with Gasteiger partial charge in [0, 0.05) is 5.69 Å². The van der Waals surface area contributed by atoms with E-state index in [0.717, 1.165) is 11.3 Å². The number of nitrogens with two attached hydrogens (primary N) is 1. The zero-order chi connectivity index (χ0) is 13.0. The first-order chi connectivity index (χ1) is 8.65. The predicted octanol–water partition coefficient (Wildman–Crippen LogP) is 3.22. The Kier molecular flexibility index (Phi) is 3.48. The molecular formula is C14H15N3O. The number of carbonyl (C=O) groups is 1. The van der Waals surface area contributed by atoms with Gasteiger partial charge in [-0.25, -0.2) is 4.79 Å². The standard InChI is InChI=1S/C14H15N3O/c1-10-5-4-6-11(9-10)16-14(18)17-13-8-3-2-7-12(13)15/h2-9H,15H2,1H3,(H2,16,17,18). The number of nitrogens with one attached hydrogen (secondary N) is 2. The van der Waals surface area contributed by atoms with Crippen LogP contribution in [0, 0.1) is 6.92 Å². The van der Waals surface area contributed by atoms with Crippen molar-refractivity contribution in [3.8, 4) is 0 Å². The maximum absolute atomic E-state index is 11.8. The topological polar surface area (TPSA) is 67.2 Å². The van der Waals surface area contributed by atoms with Gasteiger partial charge in [-0.3, -0.25) is 0 Å². The van der Waals surface area contributed by atoms with Gasteiger partial charge in [-0.05, 0) is 36.8 Å². The van der Waals surface area contributed by atoms with Crippen LogP contribution in [0.3, 0.4) is 0 Å². The molecule has 4 N–H and O–H groups in total. The fourth-order valence-corrected chi connectivity index (χ4v) is 1.62. The van der Waals surface area contributed by atoms with Crippen LogP contribution >= 0.6 is 0 Å². The molecule has 0 heterocycles. The molecule has 0 aliphatic heterocycles. The molecule has 18 heavy (non-hydrogen) atoms. The predicted molar refractivity (Wildman–Crippen MR) is 74.7 cm³/mol. The summed E-state index contributed by atoms with van der Waals surface area (Å²) in [6, 6.07) is 14.4. The van der Waals surface area contributed by atoms with Gasteiger partial charge in [0.25, 0.3) is 0 Å². The zero-order valence-electron chi connectivity index (χ0n) is 10.1. The van der Waals surface area contributed by atoms with E-state index in [1.54, 1.807) is 12.1 Å². The van der Waals surface area contributed by atoms with Crippen LogP contribution in [0.25, 0.3) is 0 Å². The quantitative estimate of drug-likeness (QED) is 0.707. The molecule has 0 spiro atoms. The third-order valence-corrected chi connectivity index (χ3v) is 2.48. The number of rotatable bonds is 2. The van der Waals surface area contributed by atoms with Gasteiger partial charge < -0.3 is 16.4 Å². The second-order valence-electron chi connectivity index (χ2n) is 4.04. The molecule has 4 heteroatoms. The summed E-state index contributed by atoms with van der Waals surface area (Å²) in [5.41, 5.74) is 8.72. The van der Waals surface area contributed by atoms with Crippen LogP contribution in [0.1, 0.15) is 5.56 Å². The van der Waals surface area contributed by atoms with E-state index in [9.17, 15) is 4.79 Å². The molecule has 0 saturated carbocycles. The van der Waals surface area contributed by atoms with Crippen molar-refractivity contribution in [1.82, 2.24) is 0 Å². The Hall–Kier alpha value is -2.49. The van der Waals surface area contributed by atoms with Gasteiger partial charge in [0.2, 0.25) is 0 Å². The van der Waals surface area contributed by atoms with Gasteiger partial charge in [0.15, 0.2) is 0 Å². The number of aryl methyl sites for hydroxylation is 1. The van der Waals surface area contributed by atoms with Crippen molar-refractivity contribution in [3.63, 3.8) is 0 Å². The minimum absolute atomic E-state index is 0.307. The molecule has 0 aliphatic carbocycles. The fourth-order valence-electron chi connectivity index (χ4n) is 1.62. The molecule has 0 aromatic heterocycles. The molecule has 2 aromatic rings. The molecule has 0 fully saturated rings. The summed E-state index contributed by atoms with van der Waals surface area (Å²) in [6.45, 7) is 1.97. The van der Waals surface area contributed by atoms with Gasteiger partial charge in [-0.15, -0.1) is 0 Å². The summed E-state index contributed by atoms with van der Waals surface area (Å²) in [6.07, 6.45) is 0. The molecule has 4 nitrogen and oxygen atoms in total. The first-order valence-corrected chi connectivity index (χ1v) is 5.64. The molecular weight excluding hydrogens is 226 g/mol. The Labute approximate surface area is 106 Å². The zero-order valence-corrected chi connectivity index (χ0v) is 10.1. The monoisotopic (exact) mass is 241 g/mol. The lowest BCUT2D eigenvalue weighted by Gasteiger charge is -2.09. The molecule has 2 amide bonds. The number of nitrogen functional groups attached to an aromatic ring is 1. The fraction of sp³-hybridized carbons (Fsp3) is 0.0714. The molecule has 0 bridgehead atoms. The minimum atomic E-state index is -0.307. The first-order valence-electron chi connectivity index (χ1n) is 5.64. The van der Waals surface area contributed by atoms with Crippen LogP contribution < -0.4 is 16.4 Å². The highest BCUT2D eigenvalue weighted by Crippen LogP contribution is 2.17. The van der Waals surface area contributed by atoms with Crippen LogP contribution in [-0.2, 0) is 0 Å². The average Bonchev–Trinajstić information content (AvgIpc) is 2.32. The summed E-state index contributed by atoms with van der Waals surface area (Å²) in [5, 5.41) is 5.46. The van der Waals surface area contributed by atoms with E-state index < -0.39 is 0 Å². The van der Waals surface area contributed by atoms with E-state index in [1.807, 2.05) is 43.3 Å². The molecule has 0 unspecified atom stereocenters. The van der Waals surface area contributed by atoms with Crippen LogP contribution in [-0.4, -0.2) is 6.03 Å². The third-order valence-electron chi connectivity index (χ3n) is 2.48. The van der Waals surface area contributed by atoms with Crippen LogP contribution in [0.4, 0.5) is 21.9 Å². The van der Waals surface area contributed by atoms with Gasteiger partial charge in [-0.1, -0.05) is 24.3 Å². The highest BCUT2D eigenvalue weighted by atomic mass is 16.2. The molecule has 0 saturated heterocycles. The maximum atomic E-state index is 11.8. The van der Waals surface area contributed by atoms with Crippen LogP contribution in [0.2, 0.25) is 0 Å². The van der Waals surface area contributed by atoms with Gasteiger partial charge in [-0.2, -0.15) is 0 Å². The highest BCUT2D eigenvalue weighted by Gasteiger charge is 2.04. The van der Waals surface area contributed by atoms with Crippen molar-refractivity contribution < 1.29 is 4.79 Å². The van der Waals surface area contributed by atoms with E-state index in [1.165, 1.54) is 0 Å². The molecule has 2 aromatic carbocycles. The molecule has 0 radical (unpaired) electrons. The normalized spacial score (nSPS) is 9.83. The second-order valence-corrected chi connectivity index (χ2v) is 4.04. The molecule has 0 atom stereocenters. The summed E-state index contributed by atoms with van der Waals surface area (Å²) in [4.78, 5) is 11.8. The van der Waals surface area contributed by atoms with E-state index in [0.29, 0.717) is 11.4 Å². The highest BCUT2D eigenvalue weighted by molar-refractivity contribution is 6.01. The van der Waals surface area contributed by atoms with Crippen molar-refractivity contribution in [3.05, 3.63) is 54.1 Å². The number of hydrogen-bond acceptors (Lipinski definition) is 2. The van der Waals surface area contributed by atoms with Crippen molar-refractivity contribution in [2.45, 2.75) is 6.92 Å². The van der Waals surface area contributed by atoms with Crippen molar-refractivity contribution in [2.75, 3.05) is 16.4 Å².